The van der Waals surface area contributed by atoms with Gasteiger partial charge in [0.2, 0.25) is 0 Å². The van der Waals surface area contributed by atoms with Crippen molar-refractivity contribution in [3.63, 3.8) is 0 Å². The third-order valence-electron chi connectivity index (χ3n) is 2.69. The van der Waals surface area contributed by atoms with Crippen LogP contribution in [0, 0.1) is 5.41 Å². The predicted molar refractivity (Wildman–Crippen MR) is 37.1 cm³/mol. The lowest BCUT2D eigenvalue weighted by Crippen LogP contribution is -2.42. The van der Waals surface area contributed by atoms with Crippen LogP contribution in [0.2, 0.25) is 0 Å². The Hall–Kier alpha value is -0.250. The van der Waals surface area contributed by atoms with Crippen LogP contribution in [-0.4, -0.2) is 12.8 Å². The fourth-order valence-corrected chi connectivity index (χ4v) is 1.74. The van der Waals surface area contributed by atoms with E-state index in [1.807, 2.05) is 0 Å². The lowest BCUT2D eigenvalue weighted by atomic mass is 9.74. The first-order valence-electron chi connectivity index (χ1n) is 4.17. The van der Waals surface area contributed by atoms with Crippen molar-refractivity contribution in [2.24, 2.45) is 5.41 Å². The third-order valence-corrected chi connectivity index (χ3v) is 2.69. The molecule has 0 aromatic rings. The van der Waals surface area contributed by atoms with E-state index in [4.69, 9.17) is 0 Å². The molecular formula is C8H12F3O. The molecule has 1 fully saturated rings. The van der Waals surface area contributed by atoms with Gasteiger partial charge in [-0.1, -0.05) is 19.3 Å². The summed E-state index contributed by atoms with van der Waals surface area (Å²) in [4.78, 5) is 0. The van der Waals surface area contributed by atoms with E-state index in [-0.39, 0.29) is 12.8 Å². The van der Waals surface area contributed by atoms with Gasteiger partial charge in [0, 0.05) is 0 Å². The second kappa shape index (κ2) is 3.24. The average molecular weight is 181 g/mol. The van der Waals surface area contributed by atoms with Crippen LogP contribution in [0.1, 0.15) is 32.1 Å². The Morgan fingerprint density at radius 2 is 1.58 bits per heavy atom. The highest BCUT2D eigenvalue weighted by molar-refractivity contribution is 4.88. The van der Waals surface area contributed by atoms with Gasteiger partial charge in [-0.2, -0.15) is 13.2 Å². The molecule has 1 aliphatic carbocycles. The van der Waals surface area contributed by atoms with Crippen molar-refractivity contribution in [1.29, 1.82) is 0 Å². The molecule has 0 bridgehead atoms. The van der Waals surface area contributed by atoms with Gasteiger partial charge >= 0.3 is 6.18 Å². The first-order chi connectivity index (χ1) is 5.52. The molecule has 0 unspecified atom stereocenters. The van der Waals surface area contributed by atoms with Crippen LogP contribution in [0.3, 0.4) is 0 Å². The maximum absolute atomic E-state index is 12.4. The molecule has 4 heteroatoms. The van der Waals surface area contributed by atoms with Gasteiger partial charge in [-0.05, 0) is 12.8 Å². The van der Waals surface area contributed by atoms with E-state index in [0.29, 0.717) is 12.8 Å². The molecule has 12 heavy (non-hydrogen) atoms. The molecule has 1 saturated carbocycles. The summed E-state index contributed by atoms with van der Waals surface area (Å²) in [5.74, 6) is 0. The van der Waals surface area contributed by atoms with Crippen molar-refractivity contribution >= 4 is 0 Å². The average Bonchev–Trinajstić information content (AvgIpc) is 2.04. The maximum atomic E-state index is 12.4. The highest BCUT2D eigenvalue weighted by Crippen LogP contribution is 2.48. The Morgan fingerprint density at radius 1 is 1.08 bits per heavy atom. The van der Waals surface area contributed by atoms with Crippen molar-refractivity contribution in [3.8, 4) is 0 Å². The van der Waals surface area contributed by atoms with E-state index in [1.165, 1.54) is 0 Å². The van der Waals surface area contributed by atoms with Crippen molar-refractivity contribution in [1.82, 2.24) is 0 Å². The second-order valence-corrected chi connectivity index (χ2v) is 3.48. The summed E-state index contributed by atoms with van der Waals surface area (Å²) in [5, 5.41) is 10.5. The molecule has 0 heterocycles. The molecule has 0 N–H and O–H groups in total. The first-order valence-corrected chi connectivity index (χ1v) is 4.17. The summed E-state index contributed by atoms with van der Waals surface area (Å²) in [6.45, 7) is -1.00. The van der Waals surface area contributed by atoms with E-state index < -0.39 is 18.2 Å². The number of halogens is 3. The monoisotopic (exact) mass is 181 g/mol. The highest BCUT2D eigenvalue weighted by Gasteiger charge is 2.54. The lowest BCUT2D eigenvalue weighted by molar-refractivity contribution is -0.250. The highest BCUT2D eigenvalue weighted by atomic mass is 19.4. The molecule has 1 rings (SSSR count). The summed E-state index contributed by atoms with van der Waals surface area (Å²) in [7, 11) is 0. The predicted octanol–water partition coefficient (Wildman–Crippen LogP) is 2.93. The van der Waals surface area contributed by atoms with Gasteiger partial charge in [-0.25, -0.2) is 5.11 Å². The van der Waals surface area contributed by atoms with Crippen LogP contribution in [0.15, 0.2) is 0 Å². The van der Waals surface area contributed by atoms with Gasteiger partial charge in [0.15, 0.2) is 0 Å². The molecular weight excluding hydrogens is 169 g/mol. The minimum atomic E-state index is -4.30. The maximum Gasteiger partial charge on any atom is 0.396 e. The van der Waals surface area contributed by atoms with E-state index in [9.17, 15) is 18.3 Å². The summed E-state index contributed by atoms with van der Waals surface area (Å²) in [6, 6.07) is 0. The van der Waals surface area contributed by atoms with Gasteiger partial charge in [0.05, 0.1) is 12.0 Å². The van der Waals surface area contributed by atoms with Gasteiger partial charge in [-0.15, -0.1) is 0 Å². The molecule has 1 aliphatic rings. The van der Waals surface area contributed by atoms with Crippen molar-refractivity contribution in [2.45, 2.75) is 38.3 Å². The van der Waals surface area contributed by atoms with Gasteiger partial charge in [0.25, 0.3) is 0 Å². The number of alkyl halides is 3. The summed E-state index contributed by atoms with van der Waals surface area (Å²) < 4.78 is 37.2. The molecule has 71 valence electrons. The fourth-order valence-electron chi connectivity index (χ4n) is 1.74. The zero-order chi connectivity index (χ0) is 9.24. The van der Waals surface area contributed by atoms with E-state index in [1.54, 1.807) is 0 Å². The van der Waals surface area contributed by atoms with Gasteiger partial charge in [-0.3, -0.25) is 0 Å². The molecule has 0 aromatic heterocycles. The van der Waals surface area contributed by atoms with Crippen LogP contribution < -0.4 is 0 Å². The molecule has 0 amide bonds. The van der Waals surface area contributed by atoms with Crippen LogP contribution in [0.4, 0.5) is 13.2 Å². The topological polar surface area (TPSA) is 19.9 Å². The number of rotatable bonds is 1. The molecule has 0 aromatic carbocycles. The van der Waals surface area contributed by atoms with Crippen LogP contribution >= 0.6 is 0 Å². The molecule has 0 spiro atoms. The van der Waals surface area contributed by atoms with Gasteiger partial charge in [0.1, 0.15) is 0 Å². The number of hydrogen-bond donors (Lipinski definition) is 0. The SMILES string of the molecule is [O]CC1(C(F)(F)F)CCCCC1. The van der Waals surface area contributed by atoms with Crippen LogP contribution in [0.5, 0.6) is 0 Å². The van der Waals surface area contributed by atoms with E-state index >= 15 is 0 Å². The summed E-state index contributed by atoms with van der Waals surface area (Å²) in [5.41, 5.74) is -1.90. The number of hydrogen-bond acceptors (Lipinski definition) is 0. The molecule has 0 aliphatic heterocycles. The summed E-state index contributed by atoms with van der Waals surface area (Å²) >= 11 is 0. The molecule has 1 radical (unpaired) electrons. The zero-order valence-corrected chi connectivity index (χ0v) is 6.78. The normalized spacial score (nSPS) is 24.0. The van der Waals surface area contributed by atoms with Gasteiger partial charge < -0.3 is 0 Å². The van der Waals surface area contributed by atoms with E-state index in [2.05, 4.69) is 0 Å². The second-order valence-electron chi connectivity index (χ2n) is 3.48. The minimum Gasteiger partial charge on any atom is -0.236 e. The molecule has 0 atom stereocenters. The quantitative estimate of drug-likeness (QED) is 0.592. The molecule has 0 saturated heterocycles. The smallest absolute Gasteiger partial charge is 0.236 e. The Labute approximate surface area is 69.6 Å². The first kappa shape index (κ1) is 9.84. The zero-order valence-electron chi connectivity index (χ0n) is 6.78. The largest absolute Gasteiger partial charge is 0.396 e. The standard InChI is InChI=1S/C8H12F3O/c9-8(10,11)7(6-12)4-2-1-3-5-7/h1-6H2. The summed E-state index contributed by atoms with van der Waals surface area (Å²) in [6.07, 6.45) is -2.32. The Balaban J connectivity index is 2.73. The van der Waals surface area contributed by atoms with Crippen molar-refractivity contribution in [2.75, 3.05) is 6.61 Å². The van der Waals surface area contributed by atoms with Crippen LogP contribution in [0.25, 0.3) is 0 Å². The lowest BCUT2D eigenvalue weighted by Gasteiger charge is -2.36. The van der Waals surface area contributed by atoms with Crippen LogP contribution in [-0.2, 0) is 5.11 Å². The third kappa shape index (κ3) is 1.58. The van der Waals surface area contributed by atoms with E-state index in [0.717, 1.165) is 6.42 Å². The Morgan fingerprint density at radius 3 is 1.83 bits per heavy atom. The fraction of sp³-hybridized carbons (Fsp3) is 1.00. The van der Waals surface area contributed by atoms with Crippen molar-refractivity contribution < 1.29 is 18.3 Å². The van der Waals surface area contributed by atoms with Crippen molar-refractivity contribution in [3.05, 3.63) is 0 Å². The minimum absolute atomic E-state index is 0.0278. The Kier molecular flexibility index (Phi) is 2.66. The Bertz CT molecular complexity index is 147. The molecule has 1 nitrogen and oxygen atoms in total.